The number of urea groups is 1. The molecule has 4 rings (SSSR count). The van der Waals surface area contributed by atoms with Gasteiger partial charge in [-0.1, -0.05) is 6.07 Å². The summed E-state index contributed by atoms with van der Waals surface area (Å²) >= 11 is 0. The van der Waals surface area contributed by atoms with E-state index < -0.39 is 0 Å². The largest absolute Gasteiger partial charge is 0.454 e. The molecule has 0 aromatic heterocycles. The van der Waals surface area contributed by atoms with Gasteiger partial charge in [0.1, 0.15) is 0 Å². The fourth-order valence-electron chi connectivity index (χ4n) is 3.52. The van der Waals surface area contributed by atoms with Crippen molar-refractivity contribution in [2.24, 2.45) is 0 Å². The third-order valence-corrected chi connectivity index (χ3v) is 5.05. The molecule has 1 aromatic carbocycles. The van der Waals surface area contributed by atoms with Crippen LogP contribution < -0.4 is 9.47 Å². The number of fused-ring (bicyclic) bond motifs is 1. The molecule has 7 nitrogen and oxygen atoms in total. The van der Waals surface area contributed by atoms with Crippen LogP contribution in [-0.4, -0.2) is 72.7 Å². The van der Waals surface area contributed by atoms with Gasteiger partial charge in [0.15, 0.2) is 11.5 Å². The van der Waals surface area contributed by atoms with E-state index >= 15 is 0 Å². The van der Waals surface area contributed by atoms with Crippen LogP contribution in [0.5, 0.6) is 11.5 Å². The van der Waals surface area contributed by atoms with Crippen LogP contribution in [0.2, 0.25) is 0 Å². The molecule has 0 radical (unpaired) electrons. The highest BCUT2D eigenvalue weighted by molar-refractivity contribution is 5.92. The molecule has 0 aliphatic carbocycles. The summed E-state index contributed by atoms with van der Waals surface area (Å²) in [6, 6.07) is 5.71. The molecule has 26 heavy (non-hydrogen) atoms. The number of amides is 3. The standard InChI is InChI=1S/C19H23N3O4/c23-18(6-4-15-3-5-16-17(13-15)26-14-25-16)20-9-11-22(12-10-20)19(24)21-7-1-2-8-21/h3-6,13H,1-2,7-12,14H2. The summed E-state index contributed by atoms with van der Waals surface area (Å²) in [5.41, 5.74) is 0.894. The van der Waals surface area contributed by atoms with Gasteiger partial charge in [-0.15, -0.1) is 0 Å². The first-order chi connectivity index (χ1) is 12.7. The Bertz CT molecular complexity index is 719. The maximum atomic E-state index is 12.4. The first kappa shape index (κ1) is 16.8. The number of rotatable bonds is 2. The third-order valence-electron chi connectivity index (χ3n) is 5.05. The highest BCUT2D eigenvalue weighted by Gasteiger charge is 2.27. The van der Waals surface area contributed by atoms with Crippen molar-refractivity contribution in [1.29, 1.82) is 0 Å². The lowest BCUT2D eigenvalue weighted by Crippen LogP contribution is -2.53. The van der Waals surface area contributed by atoms with Gasteiger partial charge in [-0.2, -0.15) is 0 Å². The molecular weight excluding hydrogens is 334 g/mol. The van der Waals surface area contributed by atoms with E-state index in [2.05, 4.69) is 0 Å². The van der Waals surface area contributed by atoms with Crippen molar-refractivity contribution < 1.29 is 19.1 Å². The van der Waals surface area contributed by atoms with Crippen LogP contribution in [0.3, 0.4) is 0 Å². The van der Waals surface area contributed by atoms with E-state index in [0.29, 0.717) is 31.9 Å². The second kappa shape index (κ2) is 7.27. The Morgan fingerprint density at radius 1 is 0.846 bits per heavy atom. The van der Waals surface area contributed by atoms with Crippen molar-refractivity contribution in [3.05, 3.63) is 29.8 Å². The molecule has 3 aliphatic rings. The molecule has 0 atom stereocenters. The first-order valence-corrected chi connectivity index (χ1v) is 9.11. The Morgan fingerprint density at radius 3 is 2.27 bits per heavy atom. The van der Waals surface area contributed by atoms with Gasteiger partial charge in [-0.3, -0.25) is 4.79 Å². The minimum atomic E-state index is -0.0315. The fraction of sp³-hybridized carbons (Fsp3) is 0.474. The molecule has 3 heterocycles. The topological polar surface area (TPSA) is 62.3 Å². The number of nitrogens with zero attached hydrogens (tertiary/aromatic N) is 3. The van der Waals surface area contributed by atoms with E-state index in [-0.39, 0.29) is 18.7 Å². The molecular formula is C19H23N3O4. The summed E-state index contributed by atoms with van der Waals surface area (Å²) in [6.45, 7) is 4.29. The SMILES string of the molecule is O=C(C=Cc1ccc2c(c1)OCO2)N1CCN(C(=O)N2CCCC2)CC1. The molecule has 1 aromatic rings. The second-order valence-corrected chi connectivity index (χ2v) is 6.74. The number of hydrogen-bond acceptors (Lipinski definition) is 4. The number of carbonyl (C=O) groups is 2. The lowest BCUT2D eigenvalue weighted by atomic mass is 10.2. The zero-order chi connectivity index (χ0) is 17.9. The molecule has 2 fully saturated rings. The maximum absolute atomic E-state index is 12.4. The van der Waals surface area contributed by atoms with Crippen LogP contribution in [-0.2, 0) is 4.79 Å². The summed E-state index contributed by atoms with van der Waals surface area (Å²) in [6.07, 6.45) is 5.55. The average Bonchev–Trinajstić information content (AvgIpc) is 3.37. The molecule has 3 amide bonds. The molecule has 0 spiro atoms. The molecule has 0 N–H and O–H groups in total. The van der Waals surface area contributed by atoms with Crippen molar-refractivity contribution in [3.63, 3.8) is 0 Å². The van der Waals surface area contributed by atoms with Crippen molar-refractivity contribution in [2.45, 2.75) is 12.8 Å². The summed E-state index contributed by atoms with van der Waals surface area (Å²) in [5.74, 6) is 1.40. The number of carbonyl (C=O) groups excluding carboxylic acids is 2. The number of ether oxygens (including phenoxy) is 2. The van der Waals surface area contributed by atoms with Crippen LogP contribution in [0.15, 0.2) is 24.3 Å². The van der Waals surface area contributed by atoms with Crippen LogP contribution in [0.4, 0.5) is 4.79 Å². The molecule has 0 unspecified atom stereocenters. The van der Waals surface area contributed by atoms with Crippen molar-refractivity contribution in [3.8, 4) is 11.5 Å². The Hall–Kier alpha value is -2.70. The number of piperazine rings is 1. The van der Waals surface area contributed by atoms with E-state index in [1.165, 1.54) is 0 Å². The van der Waals surface area contributed by atoms with Gasteiger partial charge in [0.05, 0.1) is 0 Å². The van der Waals surface area contributed by atoms with Crippen LogP contribution >= 0.6 is 0 Å². The molecule has 3 aliphatic heterocycles. The van der Waals surface area contributed by atoms with Gasteiger partial charge in [-0.05, 0) is 36.6 Å². The quantitative estimate of drug-likeness (QED) is 0.757. The second-order valence-electron chi connectivity index (χ2n) is 6.74. The molecule has 138 valence electrons. The van der Waals surface area contributed by atoms with Crippen molar-refractivity contribution in [2.75, 3.05) is 46.1 Å². The number of hydrogen-bond donors (Lipinski definition) is 0. The Labute approximate surface area is 152 Å². The maximum Gasteiger partial charge on any atom is 0.320 e. The van der Waals surface area contributed by atoms with Gasteiger partial charge in [0.25, 0.3) is 0 Å². The lowest BCUT2D eigenvalue weighted by molar-refractivity contribution is -0.127. The first-order valence-electron chi connectivity index (χ1n) is 9.11. The lowest BCUT2D eigenvalue weighted by Gasteiger charge is -2.36. The van der Waals surface area contributed by atoms with Crippen molar-refractivity contribution in [1.82, 2.24) is 14.7 Å². The number of likely N-dealkylation sites (tertiary alicyclic amines) is 1. The fourth-order valence-corrected chi connectivity index (χ4v) is 3.52. The highest BCUT2D eigenvalue weighted by atomic mass is 16.7. The van der Waals surface area contributed by atoms with Gasteiger partial charge < -0.3 is 24.2 Å². The summed E-state index contributed by atoms with van der Waals surface area (Å²) in [4.78, 5) is 30.4. The van der Waals surface area contributed by atoms with Gasteiger partial charge >= 0.3 is 6.03 Å². The minimum Gasteiger partial charge on any atom is -0.454 e. The monoisotopic (exact) mass is 357 g/mol. The van der Waals surface area contributed by atoms with Gasteiger partial charge in [0, 0.05) is 45.3 Å². The van der Waals surface area contributed by atoms with Crippen LogP contribution in [0.25, 0.3) is 6.08 Å². The molecule has 2 saturated heterocycles. The minimum absolute atomic E-state index is 0.0315. The van der Waals surface area contributed by atoms with Crippen LogP contribution in [0.1, 0.15) is 18.4 Å². The summed E-state index contributed by atoms with van der Waals surface area (Å²) < 4.78 is 10.6. The van der Waals surface area contributed by atoms with Gasteiger partial charge in [-0.25, -0.2) is 4.79 Å². The molecule has 0 saturated carbocycles. The van der Waals surface area contributed by atoms with E-state index in [1.807, 2.05) is 28.0 Å². The highest BCUT2D eigenvalue weighted by Crippen LogP contribution is 2.32. The third kappa shape index (κ3) is 3.47. The Morgan fingerprint density at radius 2 is 1.50 bits per heavy atom. The smallest absolute Gasteiger partial charge is 0.320 e. The van der Waals surface area contributed by atoms with Gasteiger partial charge in [0.2, 0.25) is 12.7 Å². The molecule has 7 heteroatoms. The van der Waals surface area contributed by atoms with E-state index in [1.54, 1.807) is 17.1 Å². The zero-order valence-corrected chi connectivity index (χ0v) is 14.7. The predicted molar refractivity (Wildman–Crippen MR) is 96.0 cm³/mol. The Kier molecular flexibility index (Phi) is 4.69. The zero-order valence-electron chi connectivity index (χ0n) is 14.7. The molecule has 0 bridgehead atoms. The van der Waals surface area contributed by atoms with E-state index in [0.717, 1.165) is 37.2 Å². The predicted octanol–water partition coefficient (Wildman–Crippen LogP) is 1.79. The summed E-state index contributed by atoms with van der Waals surface area (Å²) in [7, 11) is 0. The Balaban J connectivity index is 1.30. The normalized spacial score (nSPS) is 19.5. The summed E-state index contributed by atoms with van der Waals surface area (Å²) in [5, 5.41) is 0. The van der Waals surface area contributed by atoms with E-state index in [4.69, 9.17) is 9.47 Å². The van der Waals surface area contributed by atoms with E-state index in [9.17, 15) is 9.59 Å². The van der Waals surface area contributed by atoms with Crippen molar-refractivity contribution >= 4 is 18.0 Å². The van der Waals surface area contributed by atoms with Crippen LogP contribution in [0, 0.1) is 0 Å². The number of benzene rings is 1. The average molecular weight is 357 g/mol.